The molecule has 0 spiro atoms. The summed E-state index contributed by atoms with van der Waals surface area (Å²) in [4.78, 5) is 13.7. The molecule has 16 heavy (non-hydrogen) atoms. The highest BCUT2D eigenvalue weighted by Gasteiger charge is 2.10. The van der Waals surface area contributed by atoms with Crippen LogP contribution >= 0.6 is 0 Å². The van der Waals surface area contributed by atoms with Crippen LogP contribution in [0.5, 0.6) is 0 Å². The van der Waals surface area contributed by atoms with E-state index in [4.69, 9.17) is 4.74 Å². The first-order valence-electron chi connectivity index (χ1n) is 6.31. The Labute approximate surface area is 98.3 Å². The van der Waals surface area contributed by atoms with Gasteiger partial charge in [0.15, 0.2) is 0 Å². The van der Waals surface area contributed by atoms with Gasteiger partial charge in [-0.1, -0.05) is 0 Å². The molecule has 1 rings (SSSR count). The lowest BCUT2D eigenvalue weighted by atomic mass is 10.4. The Hall–Kier alpha value is -0.610. The zero-order valence-corrected chi connectivity index (χ0v) is 10.5. The molecule has 1 heterocycles. The molecule has 0 amide bonds. The molecule has 0 radical (unpaired) electrons. The molecule has 1 saturated heterocycles. The highest BCUT2D eigenvalue weighted by Crippen LogP contribution is 2.06. The SMILES string of the molecule is CC(C)OC(=O)CNCCCN1CCCC1. The molecule has 0 atom stereocenters. The van der Waals surface area contributed by atoms with Gasteiger partial charge in [0.05, 0.1) is 12.6 Å². The van der Waals surface area contributed by atoms with E-state index in [9.17, 15) is 4.79 Å². The van der Waals surface area contributed by atoms with E-state index in [1.165, 1.54) is 25.9 Å². The fourth-order valence-corrected chi connectivity index (χ4v) is 1.93. The normalized spacial score (nSPS) is 16.9. The zero-order valence-electron chi connectivity index (χ0n) is 10.5. The molecule has 4 nitrogen and oxygen atoms in total. The zero-order chi connectivity index (χ0) is 11.8. The van der Waals surface area contributed by atoms with E-state index in [1.807, 2.05) is 13.8 Å². The number of ether oxygens (including phenoxy) is 1. The Balaban J connectivity index is 1.89. The molecule has 94 valence electrons. The fraction of sp³-hybridized carbons (Fsp3) is 0.917. The second-order valence-electron chi connectivity index (χ2n) is 4.62. The number of hydrogen-bond acceptors (Lipinski definition) is 4. The van der Waals surface area contributed by atoms with Crippen LogP contribution in [0.25, 0.3) is 0 Å². The second kappa shape index (κ2) is 7.63. The highest BCUT2D eigenvalue weighted by atomic mass is 16.5. The van der Waals surface area contributed by atoms with Crippen LogP contribution in [-0.2, 0) is 9.53 Å². The summed E-state index contributed by atoms with van der Waals surface area (Å²) in [5.41, 5.74) is 0. The van der Waals surface area contributed by atoms with Crippen molar-refractivity contribution in [2.24, 2.45) is 0 Å². The quantitative estimate of drug-likeness (QED) is 0.522. The molecular weight excluding hydrogens is 204 g/mol. The van der Waals surface area contributed by atoms with Gasteiger partial charge < -0.3 is 15.0 Å². The number of likely N-dealkylation sites (tertiary alicyclic amines) is 1. The molecule has 0 saturated carbocycles. The standard InChI is InChI=1S/C12H24N2O2/c1-11(2)16-12(15)10-13-6-5-9-14-7-3-4-8-14/h11,13H,3-10H2,1-2H3. The minimum absolute atomic E-state index is 0.0149. The van der Waals surface area contributed by atoms with Gasteiger partial charge in [0.25, 0.3) is 0 Å². The number of hydrogen-bond donors (Lipinski definition) is 1. The van der Waals surface area contributed by atoms with E-state index in [1.54, 1.807) is 0 Å². The van der Waals surface area contributed by atoms with Crippen LogP contribution in [0.3, 0.4) is 0 Å². The maximum absolute atomic E-state index is 11.2. The Morgan fingerprint density at radius 3 is 2.69 bits per heavy atom. The van der Waals surface area contributed by atoms with Crippen molar-refractivity contribution in [3.05, 3.63) is 0 Å². The average molecular weight is 228 g/mol. The van der Waals surface area contributed by atoms with Gasteiger partial charge >= 0.3 is 5.97 Å². The molecule has 0 aliphatic carbocycles. The summed E-state index contributed by atoms with van der Waals surface area (Å²) in [6, 6.07) is 0. The van der Waals surface area contributed by atoms with Crippen LogP contribution in [0.1, 0.15) is 33.1 Å². The van der Waals surface area contributed by atoms with Crippen molar-refractivity contribution >= 4 is 5.97 Å². The van der Waals surface area contributed by atoms with Crippen molar-refractivity contribution in [1.82, 2.24) is 10.2 Å². The van der Waals surface area contributed by atoms with Crippen LogP contribution in [-0.4, -0.2) is 49.7 Å². The van der Waals surface area contributed by atoms with Crippen molar-refractivity contribution in [2.75, 3.05) is 32.7 Å². The third kappa shape index (κ3) is 6.08. The first kappa shape index (κ1) is 13.5. The predicted molar refractivity (Wildman–Crippen MR) is 64.4 cm³/mol. The van der Waals surface area contributed by atoms with E-state index >= 15 is 0 Å². The van der Waals surface area contributed by atoms with Gasteiger partial charge in [-0.2, -0.15) is 0 Å². The maximum Gasteiger partial charge on any atom is 0.320 e. The van der Waals surface area contributed by atoms with Crippen molar-refractivity contribution in [3.8, 4) is 0 Å². The van der Waals surface area contributed by atoms with Crippen molar-refractivity contribution < 1.29 is 9.53 Å². The molecule has 1 fully saturated rings. The van der Waals surface area contributed by atoms with Gasteiger partial charge in [0.2, 0.25) is 0 Å². The minimum Gasteiger partial charge on any atom is -0.462 e. The maximum atomic E-state index is 11.2. The number of carbonyl (C=O) groups excluding carboxylic acids is 1. The Kier molecular flexibility index (Phi) is 6.42. The van der Waals surface area contributed by atoms with Gasteiger partial charge in [-0.3, -0.25) is 4.79 Å². The molecule has 4 heteroatoms. The lowest BCUT2D eigenvalue weighted by Crippen LogP contribution is -2.29. The summed E-state index contributed by atoms with van der Waals surface area (Å²) in [6.45, 7) is 8.59. The Bertz CT molecular complexity index is 201. The van der Waals surface area contributed by atoms with E-state index in [0.29, 0.717) is 6.54 Å². The van der Waals surface area contributed by atoms with E-state index in [2.05, 4.69) is 10.2 Å². The minimum atomic E-state index is -0.156. The van der Waals surface area contributed by atoms with Crippen molar-refractivity contribution in [3.63, 3.8) is 0 Å². The topological polar surface area (TPSA) is 41.6 Å². The van der Waals surface area contributed by atoms with E-state index < -0.39 is 0 Å². The number of rotatable bonds is 7. The third-order valence-electron chi connectivity index (χ3n) is 2.66. The first-order chi connectivity index (χ1) is 7.68. The molecule has 1 aliphatic rings. The summed E-state index contributed by atoms with van der Waals surface area (Å²) in [7, 11) is 0. The van der Waals surface area contributed by atoms with E-state index in [-0.39, 0.29) is 12.1 Å². The van der Waals surface area contributed by atoms with Crippen molar-refractivity contribution in [2.45, 2.75) is 39.2 Å². The predicted octanol–water partition coefficient (Wildman–Crippen LogP) is 1.01. The van der Waals surface area contributed by atoms with Crippen LogP contribution in [0, 0.1) is 0 Å². The van der Waals surface area contributed by atoms with Gasteiger partial charge in [0, 0.05) is 0 Å². The average Bonchev–Trinajstić information content (AvgIpc) is 2.68. The Morgan fingerprint density at radius 2 is 2.06 bits per heavy atom. The van der Waals surface area contributed by atoms with Crippen LogP contribution < -0.4 is 5.32 Å². The van der Waals surface area contributed by atoms with Gasteiger partial charge in [-0.15, -0.1) is 0 Å². The van der Waals surface area contributed by atoms with Crippen LogP contribution in [0.2, 0.25) is 0 Å². The number of nitrogens with zero attached hydrogens (tertiary/aromatic N) is 1. The monoisotopic (exact) mass is 228 g/mol. The van der Waals surface area contributed by atoms with Crippen LogP contribution in [0.4, 0.5) is 0 Å². The molecule has 0 aromatic rings. The second-order valence-corrected chi connectivity index (χ2v) is 4.62. The third-order valence-corrected chi connectivity index (χ3v) is 2.66. The lowest BCUT2D eigenvalue weighted by molar-refractivity contribution is -0.146. The summed E-state index contributed by atoms with van der Waals surface area (Å²) < 4.78 is 5.02. The summed E-state index contributed by atoms with van der Waals surface area (Å²) in [5, 5.41) is 3.11. The van der Waals surface area contributed by atoms with Crippen molar-refractivity contribution in [1.29, 1.82) is 0 Å². The first-order valence-corrected chi connectivity index (χ1v) is 6.31. The van der Waals surface area contributed by atoms with E-state index in [0.717, 1.165) is 19.5 Å². The Morgan fingerprint density at radius 1 is 1.38 bits per heavy atom. The smallest absolute Gasteiger partial charge is 0.320 e. The lowest BCUT2D eigenvalue weighted by Gasteiger charge is -2.14. The number of carbonyl (C=O) groups is 1. The molecule has 0 aromatic heterocycles. The summed E-state index contributed by atoms with van der Waals surface area (Å²) >= 11 is 0. The summed E-state index contributed by atoms with van der Waals surface area (Å²) in [6.07, 6.45) is 3.77. The number of esters is 1. The molecular formula is C12H24N2O2. The van der Waals surface area contributed by atoms with Gasteiger partial charge in [-0.25, -0.2) is 0 Å². The molecule has 1 aliphatic heterocycles. The molecule has 1 N–H and O–H groups in total. The fourth-order valence-electron chi connectivity index (χ4n) is 1.93. The van der Waals surface area contributed by atoms with Gasteiger partial charge in [0.1, 0.15) is 0 Å². The van der Waals surface area contributed by atoms with Gasteiger partial charge in [-0.05, 0) is 59.3 Å². The number of nitrogens with one attached hydrogen (secondary N) is 1. The summed E-state index contributed by atoms with van der Waals surface area (Å²) in [5.74, 6) is -0.156. The highest BCUT2D eigenvalue weighted by molar-refractivity contribution is 5.71. The molecule has 0 aromatic carbocycles. The molecule has 0 bridgehead atoms. The largest absolute Gasteiger partial charge is 0.462 e. The molecule has 0 unspecified atom stereocenters. The van der Waals surface area contributed by atoms with Crippen LogP contribution in [0.15, 0.2) is 0 Å².